The van der Waals surface area contributed by atoms with E-state index in [1.165, 1.54) is 11.0 Å². The van der Waals surface area contributed by atoms with Crippen LogP contribution in [0.4, 0.5) is 4.79 Å². The van der Waals surface area contributed by atoms with Gasteiger partial charge in [0.25, 0.3) is 11.1 Å². The van der Waals surface area contributed by atoms with Gasteiger partial charge in [0.15, 0.2) is 0 Å². The van der Waals surface area contributed by atoms with Gasteiger partial charge in [-0.2, -0.15) is 0 Å². The first-order chi connectivity index (χ1) is 11.8. The second-order valence-corrected chi connectivity index (χ2v) is 8.73. The van der Waals surface area contributed by atoms with Crippen molar-refractivity contribution in [3.63, 3.8) is 0 Å². The van der Waals surface area contributed by atoms with Crippen molar-refractivity contribution in [2.75, 3.05) is 0 Å². The summed E-state index contributed by atoms with van der Waals surface area (Å²) >= 11 is 12.1. The Morgan fingerprint density at radius 3 is 2.60 bits per heavy atom. The molecule has 1 saturated heterocycles. The molecule has 2 aromatic carbocycles. The van der Waals surface area contributed by atoms with Crippen molar-refractivity contribution < 1.29 is 14.7 Å². The zero-order valence-electron chi connectivity index (χ0n) is 12.5. The lowest BCUT2D eigenvalue weighted by atomic mass is 10.2. The normalized spacial score (nSPS) is 16.1. The standard InChI is InChI=1S/C17H10BrClINO3S/c18-11-5-10(15(22)13(20)7-11)6-14-16(23)21(17(24)25-14)8-9-1-3-12(19)4-2-9/h1-7,22H,8H2/b14-6-. The van der Waals surface area contributed by atoms with E-state index in [1.807, 2.05) is 22.6 Å². The fraction of sp³-hybridized carbons (Fsp3) is 0.0588. The molecule has 8 heteroatoms. The molecule has 0 atom stereocenters. The van der Waals surface area contributed by atoms with E-state index in [-0.39, 0.29) is 28.3 Å². The summed E-state index contributed by atoms with van der Waals surface area (Å²) < 4.78 is 1.43. The van der Waals surface area contributed by atoms with E-state index in [1.54, 1.807) is 36.4 Å². The molecule has 0 bridgehead atoms. The number of hydrogen-bond donors (Lipinski definition) is 1. The molecule has 1 aliphatic heterocycles. The lowest BCUT2D eigenvalue weighted by molar-refractivity contribution is -0.123. The first-order valence-corrected chi connectivity index (χ1v) is 10.1. The van der Waals surface area contributed by atoms with E-state index in [2.05, 4.69) is 15.9 Å². The third-order valence-corrected chi connectivity index (χ3v) is 5.91. The summed E-state index contributed by atoms with van der Waals surface area (Å²) in [6, 6.07) is 10.4. The highest BCUT2D eigenvalue weighted by Crippen LogP contribution is 2.36. The molecule has 25 heavy (non-hydrogen) atoms. The number of carbonyl (C=O) groups excluding carboxylic acids is 2. The number of phenolic OH excluding ortho intramolecular Hbond substituents is 1. The number of benzene rings is 2. The Hall–Kier alpha value is -1.03. The van der Waals surface area contributed by atoms with E-state index in [0.717, 1.165) is 21.8 Å². The van der Waals surface area contributed by atoms with Gasteiger partial charge in [-0.3, -0.25) is 14.5 Å². The molecule has 2 aromatic rings. The highest BCUT2D eigenvalue weighted by Gasteiger charge is 2.35. The molecule has 128 valence electrons. The van der Waals surface area contributed by atoms with Crippen molar-refractivity contribution >= 4 is 79.1 Å². The quantitative estimate of drug-likeness (QED) is 0.397. The van der Waals surface area contributed by atoms with Gasteiger partial charge < -0.3 is 5.11 Å². The number of nitrogens with zero attached hydrogens (tertiary/aromatic N) is 1. The zero-order valence-corrected chi connectivity index (χ0v) is 17.8. The second kappa shape index (κ2) is 7.69. The molecule has 0 saturated carbocycles. The monoisotopic (exact) mass is 549 g/mol. The Labute approximate surface area is 175 Å². The Kier molecular flexibility index (Phi) is 5.77. The number of aromatic hydroxyl groups is 1. The highest BCUT2D eigenvalue weighted by molar-refractivity contribution is 14.1. The van der Waals surface area contributed by atoms with Crippen LogP contribution in [0, 0.1) is 3.57 Å². The molecule has 0 unspecified atom stereocenters. The SMILES string of the molecule is O=C1S/C(=C\c2cc(Br)cc(I)c2O)C(=O)N1Cc1ccc(Cl)cc1. The number of hydrogen-bond acceptors (Lipinski definition) is 4. The van der Waals surface area contributed by atoms with Gasteiger partial charge in [0.2, 0.25) is 0 Å². The van der Waals surface area contributed by atoms with Crippen molar-refractivity contribution in [1.29, 1.82) is 0 Å². The maximum atomic E-state index is 12.6. The molecule has 1 N–H and O–H groups in total. The van der Waals surface area contributed by atoms with E-state index in [0.29, 0.717) is 14.2 Å². The summed E-state index contributed by atoms with van der Waals surface area (Å²) in [6.45, 7) is 0.182. The molecule has 0 spiro atoms. The molecular weight excluding hydrogens is 541 g/mol. The summed E-state index contributed by atoms with van der Waals surface area (Å²) in [5.41, 5.74) is 1.29. The van der Waals surface area contributed by atoms with Crippen LogP contribution in [-0.2, 0) is 11.3 Å². The lowest BCUT2D eigenvalue weighted by Gasteiger charge is -2.12. The van der Waals surface area contributed by atoms with Gasteiger partial charge in [0.05, 0.1) is 15.0 Å². The van der Waals surface area contributed by atoms with Crippen molar-refractivity contribution in [3.05, 3.63) is 65.5 Å². The molecule has 2 amide bonds. The average molecular weight is 551 g/mol. The topological polar surface area (TPSA) is 57.6 Å². The number of phenols is 1. The van der Waals surface area contributed by atoms with Crippen LogP contribution in [0.3, 0.4) is 0 Å². The maximum Gasteiger partial charge on any atom is 0.293 e. The fourth-order valence-electron chi connectivity index (χ4n) is 2.25. The average Bonchev–Trinajstić information content (AvgIpc) is 2.81. The van der Waals surface area contributed by atoms with Crippen LogP contribution >= 0.6 is 61.9 Å². The van der Waals surface area contributed by atoms with Crippen LogP contribution in [0.5, 0.6) is 5.75 Å². The number of imide groups is 1. The van der Waals surface area contributed by atoms with Crippen LogP contribution in [0.2, 0.25) is 5.02 Å². The molecule has 1 aliphatic rings. The van der Waals surface area contributed by atoms with Crippen molar-refractivity contribution in [3.8, 4) is 5.75 Å². The largest absolute Gasteiger partial charge is 0.506 e. The highest BCUT2D eigenvalue weighted by atomic mass is 127. The number of thioether (sulfide) groups is 1. The summed E-state index contributed by atoms with van der Waals surface area (Å²) in [7, 11) is 0. The second-order valence-electron chi connectivity index (χ2n) is 5.22. The van der Waals surface area contributed by atoms with Crippen LogP contribution < -0.4 is 0 Å². The van der Waals surface area contributed by atoms with Gasteiger partial charge in [-0.05, 0) is 70.3 Å². The Morgan fingerprint density at radius 2 is 1.92 bits per heavy atom. The van der Waals surface area contributed by atoms with Gasteiger partial charge in [-0.25, -0.2) is 0 Å². The minimum absolute atomic E-state index is 0.0771. The molecule has 0 aromatic heterocycles. The van der Waals surface area contributed by atoms with Crippen molar-refractivity contribution in [1.82, 2.24) is 4.90 Å². The number of halogens is 3. The van der Waals surface area contributed by atoms with Crippen LogP contribution in [-0.4, -0.2) is 21.2 Å². The zero-order chi connectivity index (χ0) is 18.1. The third-order valence-electron chi connectivity index (χ3n) is 3.47. The van der Waals surface area contributed by atoms with E-state index < -0.39 is 0 Å². The van der Waals surface area contributed by atoms with E-state index >= 15 is 0 Å². The van der Waals surface area contributed by atoms with Gasteiger partial charge >= 0.3 is 0 Å². The Balaban J connectivity index is 1.87. The molecule has 3 rings (SSSR count). The maximum absolute atomic E-state index is 12.6. The number of amides is 2. The minimum Gasteiger partial charge on any atom is -0.506 e. The minimum atomic E-state index is -0.376. The van der Waals surface area contributed by atoms with E-state index in [4.69, 9.17) is 11.6 Å². The third kappa shape index (κ3) is 4.21. The number of carbonyl (C=O) groups is 2. The molecular formula is C17H10BrClINO3S. The van der Waals surface area contributed by atoms with Crippen molar-refractivity contribution in [2.45, 2.75) is 6.54 Å². The summed E-state index contributed by atoms with van der Waals surface area (Å²) in [4.78, 5) is 26.2. The molecule has 4 nitrogen and oxygen atoms in total. The predicted molar refractivity (Wildman–Crippen MR) is 111 cm³/mol. The van der Waals surface area contributed by atoms with Crippen LogP contribution in [0.25, 0.3) is 6.08 Å². The molecule has 0 aliphatic carbocycles. The number of rotatable bonds is 3. The first kappa shape index (κ1) is 18.8. The fourth-order valence-corrected chi connectivity index (χ4v) is 4.75. The molecule has 1 heterocycles. The first-order valence-electron chi connectivity index (χ1n) is 7.03. The smallest absolute Gasteiger partial charge is 0.293 e. The lowest BCUT2D eigenvalue weighted by Crippen LogP contribution is -2.27. The van der Waals surface area contributed by atoms with Crippen LogP contribution in [0.15, 0.2) is 45.8 Å². The predicted octanol–water partition coefficient (Wildman–Crippen LogP) is 5.65. The summed E-state index contributed by atoms with van der Waals surface area (Å²) in [5, 5.41) is 10.4. The summed E-state index contributed by atoms with van der Waals surface area (Å²) in [6.07, 6.45) is 1.54. The summed E-state index contributed by atoms with van der Waals surface area (Å²) in [5.74, 6) is -0.298. The van der Waals surface area contributed by atoms with Gasteiger partial charge in [0.1, 0.15) is 5.75 Å². The van der Waals surface area contributed by atoms with Gasteiger partial charge in [-0.1, -0.05) is 39.7 Å². The Morgan fingerprint density at radius 1 is 1.24 bits per heavy atom. The molecule has 1 fully saturated rings. The van der Waals surface area contributed by atoms with Gasteiger partial charge in [-0.15, -0.1) is 0 Å². The molecule has 0 radical (unpaired) electrons. The van der Waals surface area contributed by atoms with Gasteiger partial charge in [0, 0.05) is 15.1 Å². The Bertz CT molecular complexity index is 902. The van der Waals surface area contributed by atoms with Crippen molar-refractivity contribution in [2.24, 2.45) is 0 Å². The van der Waals surface area contributed by atoms with E-state index in [9.17, 15) is 14.7 Å². The van der Waals surface area contributed by atoms with Crippen LogP contribution in [0.1, 0.15) is 11.1 Å².